The van der Waals surface area contributed by atoms with Crippen molar-refractivity contribution in [2.24, 2.45) is 16.3 Å². The molecule has 2 fully saturated rings. The Morgan fingerprint density at radius 3 is 2.79 bits per heavy atom. The van der Waals surface area contributed by atoms with Crippen molar-refractivity contribution in [3.05, 3.63) is 33.8 Å². The quantitative estimate of drug-likeness (QED) is 0.624. The minimum Gasteiger partial charge on any atom is -0.377 e. The largest absolute Gasteiger partial charge is 0.377 e. The zero-order chi connectivity index (χ0) is 17.5. The van der Waals surface area contributed by atoms with Crippen molar-refractivity contribution in [3.8, 4) is 0 Å². The Bertz CT molecular complexity index is 647. The number of fused-ring (bicyclic) bond motifs is 1. The maximum absolute atomic E-state index is 6.31. The minimum atomic E-state index is 0.0276. The van der Waals surface area contributed by atoms with Gasteiger partial charge in [-0.25, -0.2) is 0 Å². The van der Waals surface area contributed by atoms with Crippen molar-refractivity contribution in [3.63, 3.8) is 0 Å². The molecule has 4 nitrogen and oxygen atoms in total. The molecule has 1 heterocycles. The van der Waals surface area contributed by atoms with Crippen LogP contribution in [0.4, 0.5) is 0 Å². The Hall–Kier alpha value is -0.970. The number of ether oxygens (including phenoxy) is 1. The summed E-state index contributed by atoms with van der Waals surface area (Å²) in [5.74, 6) is 1.35. The van der Waals surface area contributed by atoms with Crippen molar-refractivity contribution < 1.29 is 4.74 Å². The lowest BCUT2D eigenvalue weighted by molar-refractivity contribution is -0.106. The summed E-state index contributed by atoms with van der Waals surface area (Å²) in [6, 6.07) is 5.96. The second-order valence-electron chi connectivity index (χ2n) is 7.29. The third kappa shape index (κ3) is 3.12. The molecule has 0 bridgehead atoms. The van der Waals surface area contributed by atoms with Crippen LogP contribution in [-0.2, 0) is 4.74 Å². The molecule has 0 amide bonds. The van der Waals surface area contributed by atoms with Gasteiger partial charge in [0.1, 0.15) is 0 Å². The molecule has 2 N–H and O–H groups in total. The molecule has 2 aliphatic rings. The first kappa shape index (κ1) is 17.8. The van der Waals surface area contributed by atoms with E-state index in [9.17, 15) is 0 Å². The molecule has 4 unspecified atom stereocenters. The highest BCUT2D eigenvalue weighted by molar-refractivity contribution is 6.35. The molecule has 3 rings (SSSR count). The summed E-state index contributed by atoms with van der Waals surface area (Å²) in [6.07, 6.45) is 1.47. The second-order valence-corrected chi connectivity index (χ2v) is 8.14. The highest BCUT2D eigenvalue weighted by atomic mass is 35.5. The number of nitrogens with zero attached hydrogens (tertiary/aromatic N) is 1. The monoisotopic (exact) mass is 369 g/mol. The molecular weight excluding hydrogens is 345 g/mol. The second kappa shape index (κ2) is 6.74. The number of hydrogen-bond donors (Lipinski definition) is 2. The van der Waals surface area contributed by atoms with Crippen molar-refractivity contribution in [2.45, 2.75) is 45.4 Å². The van der Waals surface area contributed by atoms with Gasteiger partial charge in [-0.1, -0.05) is 43.1 Å². The number of halogens is 2. The molecule has 132 valence electrons. The number of guanidine groups is 1. The van der Waals surface area contributed by atoms with Crippen LogP contribution in [0.5, 0.6) is 0 Å². The zero-order valence-corrected chi connectivity index (χ0v) is 16.1. The summed E-state index contributed by atoms with van der Waals surface area (Å²) in [6.45, 7) is 7.43. The molecule has 1 aliphatic carbocycles. The van der Waals surface area contributed by atoms with Crippen molar-refractivity contribution >= 4 is 29.2 Å². The average molecular weight is 370 g/mol. The Kier molecular flexibility index (Phi) is 5.01. The highest BCUT2D eigenvalue weighted by Gasteiger charge is 2.59. The highest BCUT2D eigenvalue weighted by Crippen LogP contribution is 2.52. The van der Waals surface area contributed by atoms with Crippen LogP contribution >= 0.6 is 23.2 Å². The Labute approximate surface area is 154 Å². The molecule has 1 saturated carbocycles. The van der Waals surface area contributed by atoms with Crippen LogP contribution in [0.2, 0.25) is 10.0 Å². The standard InChI is InChI=1S/C18H25Cl2N3O/c1-10(12-6-5-11(19)9-14(12)20)22-17(21-4)23-15-13-7-8-24-16(13)18(15,2)3/h5-6,9-10,13,15-16H,7-8H2,1-4H3,(H2,21,22,23). The predicted molar refractivity (Wildman–Crippen MR) is 99.9 cm³/mol. The first-order chi connectivity index (χ1) is 11.3. The predicted octanol–water partition coefficient (Wildman–Crippen LogP) is 4.03. The van der Waals surface area contributed by atoms with E-state index in [1.54, 1.807) is 13.1 Å². The molecule has 24 heavy (non-hydrogen) atoms. The SMILES string of the molecule is CN=C(NC(C)c1ccc(Cl)cc1Cl)NC1C2CCOC2C1(C)C. The van der Waals surface area contributed by atoms with Gasteiger partial charge in [-0.15, -0.1) is 0 Å². The number of aliphatic imine (C=N–C) groups is 1. The Balaban J connectivity index is 1.67. The van der Waals surface area contributed by atoms with Crippen LogP contribution in [0.1, 0.15) is 38.8 Å². The van der Waals surface area contributed by atoms with E-state index < -0.39 is 0 Å². The molecule has 1 aliphatic heterocycles. The van der Waals surface area contributed by atoms with Gasteiger partial charge in [-0.05, 0) is 31.0 Å². The molecule has 0 spiro atoms. The molecule has 0 aromatic heterocycles. The van der Waals surface area contributed by atoms with Gasteiger partial charge in [0, 0.05) is 41.1 Å². The smallest absolute Gasteiger partial charge is 0.191 e. The van der Waals surface area contributed by atoms with Crippen LogP contribution in [0.15, 0.2) is 23.2 Å². The Morgan fingerprint density at radius 1 is 1.38 bits per heavy atom. The van der Waals surface area contributed by atoms with Crippen LogP contribution in [0.3, 0.4) is 0 Å². The number of benzene rings is 1. The van der Waals surface area contributed by atoms with Crippen molar-refractivity contribution in [1.29, 1.82) is 0 Å². The van der Waals surface area contributed by atoms with Gasteiger partial charge in [-0.2, -0.15) is 0 Å². The fraction of sp³-hybridized carbons (Fsp3) is 0.611. The van der Waals surface area contributed by atoms with E-state index >= 15 is 0 Å². The van der Waals surface area contributed by atoms with E-state index in [0.29, 0.717) is 28.1 Å². The molecule has 0 radical (unpaired) electrons. The number of nitrogens with one attached hydrogen (secondary N) is 2. The summed E-state index contributed by atoms with van der Waals surface area (Å²) < 4.78 is 5.86. The summed E-state index contributed by atoms with van der Waals surface area (Å²) in [4.78, 5) is 4.39. The lowest BCUT2D eigenvalue weighted by Gasteiger charge is -2.55. The van der Waals surface area contributed by atoms with Gasteiger partial charge >= 0.3 is 0 Å². The third-order valence-electron chi connectivity index (χ3n) is 5.40. The third-order valence-corrected chi connectivity index (χ3v) is 5.96. The lowest BCUT2D eigenvalue weighted by atomic mass is 9.57. The summed E-state index contributed by atoms with van der Waals surface area (Å²) in [5, 5.41) is 8.32. The van der Waals surface area contributed by atoms with E-state index in [0.717, 1.165) is 24.6 Å². The minimum absolute atomic E-state index is 0.0276. The van der Waals surface area contributed by atoms with Crippen molar-refractivity contribution in [1.82, 2.24) is 10.6 Å². The molecule has 6 heteroatoms. The van der Waals surface area contributed by atoms with E-state index in [1.807, 2.05) is 12.1 Å². The molecule has 1 aromatic carbocycles. The zero-order valence-electron chi connectivity index (χ0n) is 14.6. The van der Waals surface area contributed by atoms with Gasteiger partial charge in [-0.3, -0.25) is 4.99 Å². The van der Waals surface area contributed by atoms with Gasteiger partial charge in [0.2, 0.25) is 0 Å². The number of hydrogen-bond acceptors (Lipinski definition) is 2. The fourth-order valence-corrected chi connectivity index (χ4v) is 4.64. The molecule has 4 atom stereocenters. The average Bonchev–Trinajstić information content (AvgIpc) is 2.98. The van der Waals surface area contributed by atoms with Crippen LogP contribution < -0.4 is 10.6 Å². The summed E-state index contributed by atoms with van der Waals surface area (Å²) >= 11 is 12.3. The topological polar surface area (TPSA) is 45.7 Å². The van der Waals surface area contributed by atoms with Gasteiger partial charge in [0.15, 0.2) is 5.96 Å². The van der Waals surface area contributed by atoms with E-state index in [-0.39, 0.29) is 11.5 Å². The normalized spacial score (nSPS) is 29.6. The maximum atomic E-state index is 6.31. The van der Waals surface area contributed by atoms with E-state index in [1.165, 1.54) is 0 Å². The van der Waals surface area contributed by atoms with E-state index in [4.69, 9.17) is 27.9 Å². The van der Waals surface area contributed by atoms with Crippen LogP contribution in [0, 0.1) is 11.3 Å². The molecule has 1 aromatic rings. The number of rotatable bonds is 3. The van der Waals surface area contributed by atoms with Gasteiger partial charge in [0.25, 0.3) is 0 Å². The molecule has 1 saturated heterocycles. The van der Waals surface area contributed by atoms with Crippen molar-refractivity contribution in [2.75, 3.05) is 13.7 Å². The van der Waals surface area contributed by atoms with Crippen LogP contribution in [0.25, 0.3) is 0 Å². The van der Waals surface area contributed by atoms with E-state index in [2.05, 4.69) is 36.4 Å². The first-order valence-corrected chi connectivity index (χ1v) is 9.16. The maximum Gasteiger partial charge on any atom is 0.191 e. The summed E-state index contributed by atoms with van der Waals surface area (Å²) in [5.41, 5.74) is 1.11. The Morgan fingerprint density at radius 2 is 2.12 bits per heavy atom. The molecular formula is C18H25Cl2N3O. The lowest BCUT2D eigenvalue weighted by Crippen LogP contribution is -2.68. The summed E-state index contributed by atoms with van der Waals surface area (Å²) in [7, 11) is 1.79. The van der Waals surface area contributed by atoms with Gasteiger partial charge < -0.3 is 15.4 Å². The fourth-order valence-electron chi connectivity index (χ4n) is 4.07. The van der Waals surface area contributed by atoms with Gasteiger partial charge in [0.05, 0.1) is 12.1 Å². The first-order valence-electron chi connectivity index (χ1n) is 8.41. The van der Waals surface area contributed by atoms with Crippen LogP contribution in [-0.4, -0.2) is 31.8 Å².